The maximum atomic E-state index is 3.89. The molecule has 0 heterocycles. The Morgan fingerprint density at radius 1 is 1.27 bits per heavy atom. The minimum atomic E-state index is 1.14. The summed E-state index contributed by atoms with van der Waals surface area (Å²) >= 11 is 0. The highest BCUT2D eigenvalue weighted by Gasteiger charge is 2.10. The predicted molar refractivity (Wildman–Crippen MR) is 49.3 cm³/mol. The Hall–Kier alpha value is -1.17. The first kappa shape index (κ1) is 7.93. The summed E-state index contributed by atoms with van der Waals surface area (Å²) < 4.78 is 0. The van der Waals surface area contributed by atoms with Crippen LogP contribution in [0.15, 0.2) is 42.5 Å². The molecular formula is C11H13+. The molecule has 0 unspecified atom stereocenters. The Morgan fingerprint density at radius 3 is 2.27 bits per heavy atom. The van der Waals surface area contributed by atoms with E-state index < -0.39 is 0 Å². The highest BCUT2D eigenvalue weighted by atomic mass is 14.1. The van der Waals surface area contributed by atoms with Gasteiger partial charge in [-0.1, -0.05) is 0 Å². The molecule has 0 aromatic heterocycles. The first-order valence-electron chi connectivity index (χ1n) is 3.76. The average molecular weight is 145 g/mol. The molecular weight excluding hydrogens is 132 g/mol. The first-order chi connectivity index (χ1) is 5.22. The zero-order chi connectivity index (χ0) is 8.27. The number of hydrogen-bond acceptors (Lipinski definition) is 0. The van der Waals surface area contributed by atoms with Crippen molar-refractivity contribution in [2.24, 2.45) is 0 Å². The highest BCUT2D eigenvalue weighted by Crippen LogP contribution is 2.19. The molecule has 0 radical (unpaired) electrons. The van der Waals surface area contributed by atoms with Crippen molar-refractivity contribution in [3.63, 3.8) is 0 Å². The van der Waals surface area contributed by atoms with Crippen molar-refractivity contribution in [2.45, 2.75) is 13.8 Å². The van der Waals surface area contributed by atoms with Crippen LogP contribution in [-0.4, -0.2) is 0 Å². The van der Waals surface area contributed by atoms with Crippen molar-refractivity contribution < 1.29 is 0 Å². The van der Waals surface area contributed by atoms with Gasteiger partial charge in [-0.05, 0) is 38.6 Å². The van der Waals surface area contributed by atoms with Crippen molar-refractivity contribution in [3.05, 3.63) is 54.0 Å². The van der Waals surface area contributed by atoms with E-state index >= 15 is 0 Å². The molecule has 0 amide bonds. The summed E-state index contributed by atoms with van der Waals surface area (Å²) in [4.78, 5) is 0. The fraction of sp³-hybridized carbons (Fsp3) is 0.182. The van der Waals surface area contributed by atoms with Gasteiger partial charge >= 0.3 is 0 Å². The molecule has 0 aliphatic rings. The fourth-order valence-corrected chi connectivity index (χ4v) is 0.935. The van der Waals surface area contributed by atoms with Gasteiger partial charge in [0.05, 0.1) is 5.56 Å². The second kappa shape index (κ2) is 3.29. The van der Waals surface area contributed by atoms with Crippen LogP contribution in [0.1, 0.15) is 19.4 Å². The quantitative estimate of drug-likeness (QED) is 0.560. The third-order valence-electron chi connectivity index (χ3n) is 1.85. The van der Waals surface area contributed by atoms with Crippen LogP contribution in [0.3, 0.4) is 0 Å². The summed E-state index contributed by atoms with van der Waals surface area (Å²) in [5, 5.41) is 0. The molecule has 0 saturated carbocycles. The Bertz CT molecular complexity index is 233. The number of hydrogen-bond donors (Lipinski definition) is 0. The van der Waals surface area contributed by atoms with Crippen LogP contribution in [-0.2, 0) is 0 Å². The van der Waals surface area contributed by atoms with Crippen LogP contribution in [0.4, 0.5) is 0 Å². The van der Waals surface area contributed by atoms with Crippen LogP contribution in [0.5, 0.6) is 0 Å². The number of allylic oxidation sites excluding steroid dienone is 1. The van der Waals surface area contributed by atoms with E-state index in [1.165, 1.54) is 11.5 Å². The molecule has 0 bridgehead atoms. The van der Waals surface area contributed by atoms with E-state index in [1.807, 2.05) is 25.1 Å². The van der Waals surface area contributed by atoms with E-state index in [0.717, 1.165) is 5.57 Å². The Morgan fingerprint density at radius 2 is 1.82 bits per heavy atom. The number of benzene rings is 1. The molecule has 0 heteroatoms. The summed E-state index contributed by atoms with van der Waals surface area (Å²) in [7, 11) is 0. The molecule has 0 nitrogen and oxygen atoms in total. The predicted octanol–water partition coefficient (Wildman–Crippen LogP) is 3.21. The molecule has 0 fully saturated rings. The largest absolute Gasteiger partial charge is 0.0981 e. The van der Waals surface area contributed by atoms with Gasteiger partial charge in [-0.2, -0.15) is 0 Å². The molecule has 0 aliphatic heterocycles. The van der Waals surface area contributed by atoms with E-state index in [-0.39, 0.29) is 0 Å². The summed E-state index contributed by atoms with van der Waals surface area (Å²) in [5.41, 5.74) is 2.40. The van der Waals surface area contributed by atoms with Gasteiger partial charge in [-0.25, -0.2) is 0 Å². The van der Waals surface area contributed by atoms with E-state index in [1.54, 1.807) is 0 Å². The summed E-state index contributed by atoms with van der Waals surface area (Å²) in [5.74, 6) is 1.27. The fourth-order valence-electron chi connectivity index (χ4n) is 0.935. The zero-order valence-electron chi connectivity index (χ0n) is 7.09. The molecule has 1 aromatic carbocycles. The van der Waals surface area contributed by atoms with Gasteiger partial charge in [0.1, 0.15) is 0 Å². The second-order valence-corrected chi connectivity index (χ2v) is 2.77. The van der Waals surface area contributed by atoms with E-state index in [0.29, 0.717) is 0 Å². The smallest absolute Gasteiger partial charge is 0.0425 e. The van der Waals surface area contributed by atoms with E-state index in [4.69, 9.17) is 0 Å². The lowest BCUT2D eigenvalue weighted by Crippen LogP contribution is -1.93. The minimum absolute atomic E-state index is 1.14. The topological polar surface area (TPSA) is 0 Å². The van der Waals surface area contributed by atoms with Gasteiger partial charge in [0.25, 0.3) is 0 Å². The first-order valence-corrected chi connectivity index (χ1v) is 3.76. The normalized spacial score (nSPS) is 9.27. The van der Waals surface area contributed by atoms with Crippen molar-refractivity contribution >= 4 is 0 Å². The van der Waals surface area contributed by atoms with Gasteiger partial charge < -0.3 is 0 Å². The zero-order valence-corrected chi connectivity index (χ0v) is 7.09. The lowest BCUT2D eigenvalue weighted by atomic mass is 9.95. The number of rotatable bonds is 2. The van der Waals surface area contributed by atoms with Crippen molar-refractivity contribution in [1.82, 2.24) is 0 Å². The van der Waals surface area contributed by atoms with Crippen LogP contribution in [0, 0.1) is 5.92 Å². The van der Waals surface area contributed by atoms with Gasteiger partial charge in [0, 0.05) is 23.6 Å². The molecule has 0 N–H and O–H groups in total. The van der Waals surface area contributed by atoms with Gasteiger partial charge in [0.15, 0.2) is 0 Å². The Labute approximate surface area is 68.6 Å². The minimum Gasteiger partial charge on any atom is -0.0425 e. The van der Waals surface area contributed by atoms with Crippen molar-refractivity contribution in [1.29, 1.82) is 0 Å². The Balaban J connectivity index is 2.85. The molecule has 1 rings (SSSR count). The Kier molecular flexibility index (Phi) is 2.37. The molecule has 1 aromatic rings. The third kappa shape index (κ3) is 1.87. The lowest BCUT2D eigenvalue weighted by molar-refractivity contribution is 1.16. The standard InChI is InChI=1S/C11H13/c1-9(2)10(3)11-7-5-4-6-8-11/h4-8H,1H2,2-3H3/q+1. The van der Waals surface area contributed by atoms with Gasteiger partial charge in [-0.3, -0.25) is 0 Å². The molecule has 11 heavy (non-hydrogen) atoms. The lowest BCUT2D eigenvalue weighted by Gasteiger charge is -2.02. The molecule has 0 aliphatic carbocycles. The van der Waals surface area contributed by atoms with Gasteiger partial charge in [0.2, 0.25) is 0 Å². The summed E-state index contributed by atoms with van der Waals surface area (Å²) in [6.07, 6.45) is 0. The van der Waals surface area contributed by atoms with Gasteiger partial charge in [-0.15, -0.1) is 0 Å². The van der Waals surface area contributed by atoms with Crippen LogP contribution in [0.25, 0.3) is 0 Å². The molecule has 56 valence electrons. The van der Waals surface area contributed by atoms with Crippen LogP contribution >= 0.6 is 0 Å². The monoisotopic (exact) mass is 145 g/mol. The van der Waals surface area contributed by atoms with Crippen molar-refractivity contribution in [3.8, 4) is 0 Å². The SMILES string of the molecule is C=C(C)[C+](C)c1ccccc1. The summed E-state index contributed by atoms with van der Waals surface area (Å²) in [6, 6.07) is 10.3. The van der Waals surface area contributed by atoms with Crippen LogP contribution in [0.2, 0.25) is 0 Å². The third-order valence-corrected chi connectivity index (χ3v) is 1.85. The molecule has 0 spiro atoms. The van der Waals surface area contributed by atoms with E-state index in [2.05, 4.69) is 25.6 Å². The summed E-state index contributed by atoms with van der Waals surface area (Å²) in [6.45, 7) is 8.02. The maximum absolute atomic E-state index is 3.89. The van der Waals surface area contributed by atoms with Crippen LogP contribution < -0.4 is 0 Å². The highest BCUT2D eigenvalue weighted by molar-refractivity contribution is 5.39. The average Bonchev–Trinajstić information content (AvgIpc) is 2.05. The van der Waals surface area contributed by atoms with E-state index in [9.17, 15) is 0 Å². The second-order valence-electron chi connectivity index (χ2n) is 2.77. The maximum Gasteiger partial charge on any atom is 0.0981 e. The van der Waals surface area contributed by atoms with Crippen molar-refractivity contribution in [2.75, 3.05) is 0 Å². The molecule has 0 atom stereocenters. The molecule has 0 saturated heterocycles.